The van der Waals surface area contributed by atoms with Crippen molar-refractivity contribution in [1.82, 2.24) is 0 Å². The molecule has 1 aliphatic carbocycles. The normalized spacial score (nSPS) is 21.0. The van der Waals surface area contributed by atoms with Gasteiger partial charge in [0.15, 0.2) is 5.78 Å². The predicted molar refractivity (Wildman–Crippen MR) is 94.7 cm³/mol. The molecule has 1 nitrogen and oxygen atoms in total. The molecule has 5 heteroatoms. The van der Waals surface area contributed by atoms with Crippen LogP contribution in [0.3, 0.4) is 0 Å². The molecule has 1 fully saturated rings. The van der Waals surface area contributed by atoms with Crippen LogP contribution < -0.4 is 0 Å². The molecule has 0 unspecified atom stereocenters. The van der Waals surface area contributed by atoms with Crippen LogP contribution in [0.5, 0.6) is 0 Å². The Bertz CT molecular complexity index is 613. The Balaban J connectivity index is 2.00. The molecule has 1 aromatic rings. The minimum Gasteiger partial charge on any atom is -0.294 e. The molecular weight excluding hydrogens is 344 g/mol. The van der Waals surface area contributed by atoms with E-state index in [1.165, 1.54) is 38.7 Å². The van der Waals surface area contributed by atoms with Gasteiger partial charge in [-0.1, -0.05) is 64.5 Å². The second-order valence-corrected chi connectivity index (χ2v) is 7.61. The van der Waals surface area contributed by atoms with Crippen LogP contribution in [-0.4, -0.2) is 5.78 Å². The second-order valence-electron chi connectivity index (χ2n) is 7.61. The zero-order valence-electron chi connectivity index (χ0n) is 15.6. The summed E-state index contributed by atoms with van der Waals surface area (Å²) < 4.78 is 54.2. The molecule has 0 spiro atoms. The average molecular weight is 372 g/mol. The highest BCUT2D eigenvalue weighted by atomic mass is 19.4. The van der Waals surface area contributed by atoms with Gasteiger partial charge in [0.05, 0.1) is 0 Å². The first-order valence-electron chi connectivity index (χ1n) is 9.65. The fraction of sp³-hybridized carbons (Fsp3) is 0.667. The summed E-state index contributed by atoms with van der Waals surface area (Å²) in [6.07, 6.45) is 2.91. The van der Waals surface area contributed by atoms with Gasteiger partial charge in [-0.3, -0.25) is 4.79 Å². The molecule has 1 aromatic carbocycles. The number of ketones is 1. The molecule has 0 N–H and O–H groups in total. The highest BCUT2D eigenvalue weighted by molar-refractivity contribution is 5.97. The smallest absolute Gasteiger partial charge is 0.294 e. The Kier molecular flexibility index (Phi) is 7.24. The summed E-state index contributed by atoms with van der Waals surface area (Å²) in [6.45, 7) is 3.74. The Hall–Kier alpha value is -1.39. The third kappa shape index (κ3) is 5.31. The molecule has 0 saturated heterocycles. The van der Waals surface area contributed by atoms with Crippen LogP contribution in [0.2, 0.25) is 0 Å². The Labute approximate surface area is 153 Å². The van der Waals surface area contributed by atoms with E-state index in [0.29, 0.717) is 12.3 Å². The molecular formula is C21H28F4O. The van der Waals surface area contributed by atoms with Crippen LogP contribution in [0.25, 0.3) is 0 Å². The molecule has 146 valence electrons. The number of carbonyl (C=O) groups excluding carboxylic acids is 1. The molecule has 2 rings (SSSR count). The molecule has 0 amide bonds. The lowest BCUT2D eigenvalue weighted by molar-refractivity contribution is -0.140. The van der Waals surface area contributed by atoms with Crippen molar-refractivity contribution in [1.29, 1.82) is 0 Å². The fourth-order valence-electron chi connectivity index (χ4n) is 3.88. The van der Waals surface area contributed by atoms with Gasteiger partial charge in [-0.25, -0.2) is 4.39 Å². The van der Waals surface area contributed by atoms with Crippen molar-refractivity contribution in [2.45, 2.75) is 77.8 Å². The number of aryl methyl sites for hydroxylation is 1. The van der Waals surface area contributed by atoms with Gasteiger partial charge in [-0.05, 0) is 30.2 Å². The van der Waals surface area contributed by atoms with Crippen molar-refractivity contribution >= 4 is 5.78 Å². The summed E-state index contributed by atoms with van der Waals surface area (Å²) in [6, 6.07) is 2.48. The van der Waals surface area contributed by atoms with Gasteiger partial charge in [0.25, 0.3) is 0 Å². The van der Waals surface area contributed by atoms with E-state index < -0.39 is 28.9 Å². The predicted octanol–water partition coefficient (Wildman–Crippen LogP) is 6.98. The van der Waals surface area contributed by atoms with Crippen LogP contribution in [0.15, 0.2) is 12.1 Å². The van der Waals surface area contributed by atoms with E-state index in [9.17, 15) is 22.4 Å². The topological polar surface area (TPSA) is 17.1 Å². The molecule has 0 aromatic heterocycles. The van der Waals surface area contributed by atoms with Crippen molar-refractivity contribution in [3.05, 3.63) is 34.6 Å². The van der Waals surface area contributed by atoms with Crippen molar-refractivity contribution in [2.24, 2.45) is 11.8 Å². The number of hydrogen-bond donors (Lipinski definition) is 0. The van der Waals surface area contributed by atoms with E-state index in [0.717, 1.165) is 24.8 Å². The number of halogens is 4. The van der Waals surface area contributed by atoms with Crippen molar-refractivity contribution in [2.75, 3.05) is 0 Å². The number of carbonyl (C=O) groups is 1. The highest BCUT2D eigenvalue weighted by Crippen LogP contribution is 2.36. The third-order valence-electron chi connectivity index (χ3n) is 5.57. The van der Waals surface area contributed by atoms with E-state index in [4.69, 9.17) is 0 Å². The zero-order valence-corrected chi connectivity index (χ0v) is 15.6. The van der Waals surface area contributed by atoms with Crippen molar-refractivity contribution in [3.63, 3.8) is 0 Å². The largest absolute Gasteiger partial charge is 0.419 e. The minimum absolute atomic E-state index is 0.0576. The minimum atomic E-state index is -4.86. The Morgan fingerprint density at radius 2 is 1.77 bits per heavy atom. The molecule has 0 bridgehead atoms. The number of hydrogen-bond acceptors (Lipinski definition) is 1. The third-order valence-corrected chi connectivity index (χ3v) is 5.57. The second kappa shape index (κ2) is 9.01. The molecule has 0 radical (unpaired) electrons. The van der Waals surface area contributed by atoms with E-state index in [2.05, 4.69) is 6.92 Å². The van der Waals surface area contributed by atoms with Crippen LogP contribution in [-0.2, 0) is 12.6 Å². The van der Waals surface area contributed by atoms with Crippen LogP contribution in [0.1, 0.15) is 86.7 Å². The first-order chi connectivity index (χ1) is 12.2. The number of alkyl halides is 3. The summed E-state index contributed by atoms with van der Waals surface area (Å²) >= 11 is 0. The summed E-state index contributed by atoms with van der Waals surface area (Å²) in [7, 11) is 0. The van der Waals surface area contributed by atoms with Gasteiger partial charge in [0, 0.05) is 12.0 Å². The van der Waals surface area contributed by atoms with E-state index in [-0.39, 0.29) is 18.4 Å². The van der Waals surface area contributed by atoms with Crippen LogP contribution in [0.4, 0.5) is 17.6 Å². The monoisotopic (exact) mass is 372 g/mol. The SMILES string of the molecule is CCC(=O)c1ccc(CCCCC2CCC(C)CC2)c(F)c1C(F)(F)F. The number of unbranched alkanes of at least 4 members (excludes halogenated alkanes) is 1. The number of rotatable bonds is 7. The van der Waals surface area contributed by atoms with E-state index in [1.807, 2.05) is 0 Å². The van der Waals surface area contributed by atoms with Gasteiger partial charge in [0.1, 0.15) is 11.4 Å². The van der Waals surface area contributed by atoms with Gasteiger partial charge in [-0.2, -0.15) is 13.2 Å². The van der Waals surface area contributed by atoms with E-state index in [1.54, 1.807) is 0 Å². The first kappa shape index (κ1) is 20.9. The summed E-state index contributed by atoms with van der Waals surface area (Å²) in [5, 5.41) is 0. The van der Waals surface area contributed by atoms with Crippen molar-refractivity contribution < 1.29 is 22.4 Å². The first-order valence-corrected chi connectivity index (χ1v) is 9.65. The molecule has 1 saturated carbocycles. The zero-order chi connectivity index (χ0) is 19.3. The fourth-order valence-corrected chi connectivity index (χ4v) is 3.88. The van der Waals surface area contributed by atoms with Gasteiger partial charge in [-0.15, -0.1) is 0 Å². The van der Waals surface area contributed by atoms with Crippen LogP contribution >= 0.6 is 0 Å². The molecule has 26 heavy (non-hydrogen) atoms. The summed E-state index contributed by atoms with van der Waals surface area (Å²) in [4.78, 5) is 11.7. The maximum absolute atomic E-state index is 14.5. The molecule has 0 heterocycles. The van der Waals surface area contributed by atoms with E-state index >= 15 is 0 Å². The van der Waals surface area contributed by atoms with Gasteiger partial charge < -0.3 is 0 Å². The van der Waals surface area contributed by atoms with Crippen molar-refractivity contribution in [3.8, 4) is 0 Å². The molecule has 0 atom stereocenters. The number of benzene rings is 1. The summed E-state index contributed by atoms with van der Waals surface area (Å²) in [5.41, 5.74) is -1.90. The number of Topliss-reactive ketones (excluding diaryl/α,β-unsaturated/α-hetero) is 1. The quantitative estimate of drug-likeness (QED) is 0.287. The lowest BCUT2D eigenvalue weighted by Crippen LogP contribution is -2.17. The molecule has 1 aliphatic rings. The average Bonchev–Trinajstić information content (AvgIpc) is 2.59. The maximum Gasteiger partial charge on any atom is 0.419 e. The standard InChI is InChI=1S/C21H28F4O/c1-3-18(26)17-13-12-16(20(22)19(17)21(23,24)25)7-5-4-6-15-10-8-14(2)9-11-15/h12-15H,3-11H2,1-2H3. The Morgan fingerprint density at radius 1 is 1.12 bits per heavy atom. The highest BCUT2D eigenvalue weighted by Gasteiger charge is 2.39. The Morgan fingerprint density at radius 3 is 2.35 bits per heavy atom. The lowest BCUT2D eigenvalue weighted by Gasteiger charge is -2.26. The lowest BCUT2D eigenvalue weighted by atomic mass is 9.80. The van der Waals surface area contributed by atoms with Crippen LogP contribution in [0, 0.1) is 17.7 Å². The van der Waals surface area contributed by atoms with Gasteiger partial charge >= 0.3 is 6.18 Å². The maximum atomic E-state index is 14.5. The van der Waals surface area contributed by atoms with Gasteiger partial charge in [0.2, 0.25) is 0 Å². The molecule has 0 aliphatic heterocycles. The summed E-state index contributed by atoms with van der Waals surface area (Å²) in [5.74, 6) is -0.464.